The Morgan fingerprint density at radius 3 is 2.93 bits per heavy atom. The van der Waals surface area contributed by atoms with Crippen LogP contribution in [0.25, 0.3) is 0 Å². The molecular weight excluding hydrogens is 233 g/mol. The lowest BCUT2D eigenvalue weighted by Gasteiger charge is -2.09. The topological polar surface area (TPSA) is 35.2 Å². The number of ether oxygens (including phenoxy) is 1. The Bertz CT molecular complexity index is 350. The van der Waals surface area contributed by atoms with Crippen LogP contribution in [0.2, 0.25) is 0 Å². The van der Waals surface area contributed by atoms with Gasteiger partial charge in [-0.3, -0.25) is 0 Å². The third kappa shape index (κ3) is 4.12. The fourth-order valence-corrected chi connectivity index (χ4v) is 1.19. The van der Waals surface area contributed by atoms with Gasteiger partial charge in [0.1, 0.15) is 12.4 Å². The second-order valence-corrected chi connectivity index (χ2v) is 3.91. The fraction of sp³-hybridized carbons (Fsp3) is 0.273. The zero-order chi connectivity index (χ0) is 11.3. The second kappa shape index (κ2) is 6.01. The molecule has 0 aliphatic heterocycles. The molecule has 2 N–H and O–H groups in total. The van der Waals surface area contributed by atoms with Crippen LogP contribution in [0, 0.1) is 0 Å². The van der Waals surface area contributed by atoms with Gasteiger partial charge in [-0.15, -0.1) is 0 Å². The molecule has 0 unspecified atom stereocenters. The Morgan fingerprint density at radius 2 is 2.33 bits per heavy atom. The molecule has 1 rings (SSSR count). The molecule has 0 amide bonds. The number of rotatable bonds is 4. The molecule has 1 atom stereocenters. The van der Waals surface area contributed by atoms with E-state index in [1.165, 1.54) is 5.54 Å². The van der Waals surface area contributed by atoms with Crippen LogP contribution in [0.15, 0.2) is 34.8 Å². The molecule has 15 heavy (non-hydrogen) atoms. The van der Waals surface area contributed by atoms with E-state index in [0.29, 0.717) is 5.03 Å². The molecular formula is C11H13Cl2NO. The van der Waals surface area contributed by atoms with Crippen LogP contribution in [-0.2, 0) is 0 Å². The maximum absolute atomic E-state index is 5.75. The Hall–Kier alpha value is -0.700. The predicted molar refractivity (Wildman–Crippen MR) is 64.3 cm³/mol. The highest BCUT2D eigenvalue weighted by atomic mass is 35.5. The summed E-state index contributed by atoms with van der Waals surface area (Å²) >= 11 is 11.1. The highest BCUT2D eigenvalue weighted by molar-refractivity contribution is 6.36. The van der Waals surface area contributed by atoms with E-state index in [9.17, 15) is 0 Å². The van der Waals surface area contributed by atoms with E-state index in [1.54, 1.807) is 0 Å². The van der Waals surface area contributed by atoms with Crippen LogP contribution in [0.5, 0.6) is 5.75 Å². The van der Waals surface area contributed by atoms with E-state index in [2.05, 4.69) is 0 Å². The van der Waals surface area contributed by atoms with Crippen LogP contribution in [0.3, 0.4) is 0 Å². The Morgan fingerprint density at radius 1 is 1.60 bits per heavy atom. The molecule has 82 valence electrons. The molecule has 0 aliphatic carbocycles. The molecule has 0 bridgehead atoms. The first kappa shape index (κ1) is 12.4. The van der Waals surface area contributed by atoms with Crippen molar-refractivity contribution in [3.8, 4) is 5.75 Å². The molecule has 0 aliphatic rings. The fourth-order valence-electron chi connectivity index (χ4n) is 1.07. The van der Waals surface area contributed by atoms with Gasteiger partial charge in [0.05, 0.1) is 5.03 Å². The molecule has 0 heterocycles. The zero-order valence-electron chi connectivity index (χ0n) is 8.41. The van der Waals surface area contributed by atoms with Crippen molar-refractivity contribution in [1.29, 1.82) is 0 Å². The molecule has 0 radical (unpaired) electrons. The molecule has 2 nitrogen and oxygen atoms in total. The normalized spacial score (nSPS) is 13.7. The van der Waals surface area contributed by atoms with Crippen LogP contribution < -0.4 is 10.5 Å². The van der Waals surface area contributed by atoms with E-state index in [4.69, 9.17) is 33.7 Å². The lowest BCUT2D eigenvalue weighted by Crippen LogP contribution is -2.05. The van der Waals surface area contributed by atoms with Crippen molar-refractivity contribution in [2.45, 2.75) is 13.0 Å². The lowest BCUT2D eigenvalue weighted by atomic mass is 10.1. The first-order valence-corrected chi connectivity index (χ1v) is 5.38. The van der Waals surface area contributed by atoms with Crippen LogP contribution >= 0.6 is 23.2 Å². The van der Waals surface area contributed by atoms with Gasteiger partial charge >= 0.3 is 0 Å². The molecule has 0 spiro atoms. The minimum atomic E-state index is -0.00686. The van der Waals surface area contributed by atoms with E-state index < -0.39 is 0 Å². The Labute approximate surface area is 99.6 Å². The third-order valence-corrected chi connectivity index (χ3v) is 2.47. The monoisotopic (exact) mass is 245 g/mol. The average Bonchev–Trinajstić information content (AvgIpc) is 2.26. The molecule has 0 saturated heterocycles. The minimum absolute atomic E-state index is 0.00686. The van der Waals surface area contributed by atoms with Gasteiger partial charge in [0, 0.05) is 11.6 Å². The van der Waals surface area contributed by atoms with Crippen molar-refractivity contribution in [2.24, 2.45) is 5.73 Å². The SMILES string of the molecule is C[C@H](N)c1cccc(OCC(Cl)=CCl)c1. The summed E-state index contributed by atoms with van der Waals surface area (Å²) in [4.78, 5) is 0. The molecule has 0 saturated carbocycles. The van der Waals surface area contributed by atoms with E-state index in [1.807, 2.05) is 31.2 Å². The minimum Gasteiger partial charge on any atom is -0.488 e. The number of benzene rings is 1. The lowest BCUT2D eigenvalue weighted by molar-refractivity contribution is 0.359. The summed E-state index contributed by atoms with van der Waals surface area (Å²) in [5.41, 5.74) is 8.07. The van der Waals surface area contributed by atoms with Gasteiger partial charge in [0.2, 0.25) is 0 Å². The van der Waals surface area contributed by atoms with Gasteiger partial charge in [0.15, 0.2) is 0 Å². The number of hydrogen-bond donors (Lipinski definition) is 1. The van der Waals surface area contributed by atoms with Gasteiger partial charge in [0.25, 0.3) is 0 Å². The van der Waals surface area contributed by atoms with Gasteiger partial charge in [-0.05, 0) is 24.6 Å². The van der Waals surface area contributed by atoms with Crippen molar-refractivity contribution in [1.82, 2.24) is 0 Å². The second-order valence-electron chi connectivity index (χ2n) is 3.21. The largest absolute Gasteiger partial charge is 0.488 e. The van der Waals surface area contributed by atoms with Crippen molar-refractivity contribution < 1.29 is 4.74 Å². The number of nitrogens with two attached hydrogens (primary N) is 1. The summed E-state index contributed by atoms with van der Waals surface area (Å²) in [5, 5.41) is 0.461. The summed E-state index contributed by atoms with van der Waals surface area (Å²) in [6, 6.07) is 7.59. The highest BCUT2D eigenvalue weighted by Crippen LogP contribution is 2.18. The third-order valence-electron chi connectivity index (χ3n) is 1.88. The number of halogens is 2. The van der Waals surface area contributed by atoms with Gasteiger partial charge < -0.3 is 10.5 Å². The zero-order valence-corrected chi connectivity index (χ0v) is 9.92. The van der Waals surface area contributed by atoms with Crippen LogP contribution in [0.4, 0.5) is 0 Å². The van der Waals surface area contributed by atoms with Crippen LogP contribution in [-0.4, -0.2) is 6.61 Å². The van der Waals surface area contributed by atoms with E-state index >= 15 is 0 Å². The van der Waals surface area contributed by atoms with Crippen molar-refractivity contribution in [2.75, 3.05) is 6.61 Å². The summed E-state index contributed by atoms with van der Waals surface area (Å²) in [7, 11) is 0. The standard InChI is InChI=1S/C11H13Cl2NO/c1-8(14)9-3-2-4-11(5-9)15-7-10(13)6-12/h2-6,8H,7,14H2,1H3/t8-/m0/s1. The van der Waals surface area contributed by atoms with Crippen LogP contribution in [0.1, 0.15) is 18.5 Å². The molecule has 1 aromatic carbocycles. The van der Waals surface area contributed by atoms with Crippen molar-refractivity contribution in [3.63, 3.8) is 0 Å². The quantitative estimate of drug-likeness (QED) is 0.883. The molecule has 4 heteroatoms. The summed E-state index contributed by atoms with van der Waals surface area (Å²) in [6.45, 7) is 2.19. The number of hydrogen-bond acceptors (Lipinski definition) is 2. The highest BCUT2D eigenvalue weighted by Gasteiger charge is 2.01. The van der Waals surface area contributed by atoms with Crippen molar-refractivity contribution >= 4 is 23.2 Å². The average molecular weight is 246 g/mol. The maximum atomic E-state index is 5.75. The molecule has 0 aromatic heterocycles. The van der Waals surface area contributed by atoms with E-state index in [-0.39, 0.29) is 12.6 Å². The Balaban J connectivity index is 2.66. The summed E-state index contributed by atoms with van der Waals surface area (Å²) in [5.74, 6) is 0.737. The maximum Gasteiger partial charge on any atom is 0.125 e. The predicted octanol–water partition coefficient (Wildman–Crippen LogP) is 3.40. The first-order valence-electron chi connectivity index (χ1n) is 4.56. The van der Waals surface area contributed by atoms with Gasteiger partial charge in [-0.2, -0.15) is 0 Å². The van der Waals surface area contributed by atoms with Gasteiger partial charge in [-0.25, -0.2) is 0 Å². The molecule has 1 aromatic rings. The van der Waals surface area contributed by atoms with Gasteiger partial charge in [-0.1, -0.05) is 35.3 Å². The van der Waals surface area contributed by atoms with E-state index in [0.717, 1.165) is 11.3 Å². The Kier molecular flexibility index (Phi) is 4.95. The molecule has 0 fully saturated rings. The summed E-state index contributed by atoms with van der Waals surface area (Å²) in [6.07, 6.45) is 0. The smallest absolute Gasteiger partial charge is 0.125 e. The first-order chi connectivity index (χ1) is 7.13. The summed E-state index contributed by atoms with van der Waals surface area (Å²) < 4.78 is 5.41. The van der Waals surface area contributed by atoms with Crippen molar-refractivity contribution in [3.05, 3.63) is 40.4 Å².